The van der Waals surface area contributed by atoms with Gasteiger partial charge in [-0.3, -0.25) is 9.59 Å². The molecule has 1 aliphatic rings. The fourth-order valence-corrected chi connectivity index (χ4v) is 2.73. The molecule has 7 nitrogen and oxygen atoms in total. The van der Waals surface area contributed by atoms with Gasteiger partial charge in [-0.25, -0.2) is 4.79 Å². The van der Waals surface area contributed by atoms with Crippen LogP contribution < -0.4 is 10.3 Å². The van der Waals surface area contributed by atoms with Gasteiger partial charge >= 0.3 is 5.97 Å². The molecule has 1 fully saturated rings. The highest BCUT2D eigenvalue weighted by Crippen LogP contribution is 2.25. The van der Waals surface area contributed by atoms with Gasteiger partial charge < -0.3 is 18.8 Å². The lowest BCUT2D eigenvalue weighted by Gasteiger charge is -2.27. The van der Waals surface area contributed by atoms with Crippen LogP contribution in [0.3, 0.4) is 0 Å². The zero-order chi connectivity index (χ0) is 17.3. The monoisotopic (exact) mass is 331 g/mol. The molecule has 0 N–H and O–H groups in total. The van der Waals surface area contributed by atoms with Gasteiger partial charge in [0.05, 0.1) is 25.7 Å². The summed E-state index contributed by atoms with van der Waals surface area (Å²) in [6.07, 6.45) is 0. The molecule has 0 saturated carbocycles. The minimum absolute atomic E-state index is 0.164. The third-order valence-corrected chi connectivity index (χ3v) is 4.07. The lowest BCUT2D eigenvalue weighted by Crippen LogP contribution is -2.36. The molecule has 1 saturated heterocycles. The predicted octanol–water partition coefficient (Wildman–Crippen LogP) is 1.29. The van der Waals surface area contributed by atoms with E-state index in [2.05, 4.69) is 4.74 Å². The fraction of sp³-hybridized carbons (Fsp3) is 0.353. The van der Waals surface area contributed by atoms with Crippen LogP contribution in [-0.2, 0) is 14.3 Å². The molecule has 1 aromatic heterocycles. The standard InChI is InChI=1S/C17H17NO6/c1-10-11(15(20)17(21)22-2)3-4-12-13(19)9-14(24-16(10)12)18-5-7-23-8-6-18/h3-4,9H,5-8H2,1-2H3. The molecule has 0 amide bonds. The van der Waals surface area contributed by atoms with Gasteiger partial charge in [0, 0.05) is 30.3 Å². The SMILES string of the molecule is COC(=O)C(=O)c1ccc2c(=O)cc(N3CCOCC3)oc2c1C. The maximum absolute atomic E-state index is 12.4. The van der Waals surface area contributed by atoms with Crippen molar-refractivity contribution in [1.29, 1.82) is 0 Å². The van der Waals surface area contributed by atoms with Crippen molar-refractivity contribution in [3.05, 3.63) is 39.5 Å². The zero-order valence-corrected chi connectivity index (χ0v) is 13.5. The molecule has 0 unspecified atom stereocenters. The van der Waals surface area contributed by atoms with Gasteiger partial charge in [-0.15, -0.1) is 0 Å². The highest BCUT2D eigenvalue weighted by molar-refractivity contribution is 6.41. The molecule has 3 rings (SSSR count). The molecule has 2 heterocycles. The van der Waals surface area contributed by atoms with Crippen LogP contribution in [0.1, 0.15) is 15.9 Å². The maximum atomic E-state index is 12.4. The minimum Gasteiger partial charge on any atom is -0.463 e. The number of anilines is 1. The molecule has 1 aromatic carbocycles. The van der Waals surface area contributed by atoms with Crippen LogP contribution in [0.4, 0.5) is 5.88 Å². The van der Waals surface area contributed by atoms with E-state index in [1.54, 1.807) is 6.92 Å². The number of morpholine rings is 1. The van der Waals surface area contributed by atoms with Crippen LogP contribution in [0.2, 0.25) is 0 Å². The summed E-state index contributed by atoms with van der Waals surface area (Å²) < 4.78 is 15.7. The summed E-state index contributed by atoms with van der Waals surface area (Å²) in [6, 6.07) is 4.38. The Morgan fingerprint density at radius 1 is 1.21 bits per heavy atom. The van der Waals surface area contributed by atoms with E-state index in [1.165, 1.54) is 18.2 Å². The highest BCUT2D eigenvalue weighted by Gasteiger charge is 2.22. The molecule has 126 valence electrons. The molecule has 0 radical (unpaired) electrons. The Labute approximate surface area is 137 Å². The van der Waals surface area contributed by atoms with Gasteiger partial charge in [0.2, 0.25) is 0 Å². The normalized spacial score (nSPS) is 14.7. The first-order valence-corrected chi connectivity index (χ1v) is 7.55. The average molecular weight is 331 g/mol. The molecule has 0 spiro atoms. The Bertz CT molecular complexity index is 863. The van der Waals surface area contributed by atoms with Gasteiger partial charge in [0.15, 0.2) is 11.3 Å². The Hall–Kier alpha value is -2.67. The Kier molecular flexibility index (Phi) is 4.35. The van der Waals surface area contributed by atoms with Gasteiger partial charge in [-0.05, 0) is 19.1 Å². The first-order chi connectivity index (χ1) is 11.5. The van der Waals surface area contributed by atoms with Crippen LogP contribution in [-0.4, -0.2) is 45.2 Å². The van der Waals surface area contributed by atoms with Crippen molar-refractivity contribution in [1.82, 2.24) is 0 Å². The number of aryl methyl sites for hydroxylation is 1. The molecular weight excluding hydrogens is 314 g/mol. The number of carbonyl (C=O) groups is 2. The van der Waals surface area contributed by atoms with Crippen LogP contribution in [0.15, 0.2) is 27.4 Å². The van der Waals surface area contributed by atoms with E-state index in [0.717, 1.165) is 7.11 Å². The number of methoxy groups -OCH3 is 1. The number of esters is 1. The summed E-state index contributed by atoms with van der Waals surface area (Å²) in [5.41, 5.74) is 0.711. The molecule has 0 aliphatic carbocycles. The quantitative estimate of drug-likeness (QED) is 0.476. The molecule has 2 aromatic rings. The van der Waals surface area contributed by atoms with E-state index in [9.17, 15) is 14.4 Å². The third kappa shape index (κ3) is 2.78. The van der Waals surface area contributed by atoms with Gasteiger partial charge in [0.25, 0.3) is 5.78 Å². The molecular formula is C17H17NO6. The van der Waals surface area contributed by atoms with E-state index in [0.29, 0.717) is 48.7 Å². The number of fused-ring (bicyclic) bond motifs is 1. The number of benzene rings is 1. The lowest BCUT2D eigenvalue weighted by molar-refractivity contribution is -0.135. The van der Waals surface area contributed by atoms with Crippen molar-refractivity contribution in [2.24, 2.45) is 0 Å². The number of rotatable bonds is 3. The zero-order valence-electron chi connectivity index (χ0n) is 13.5. The number of Topliss-reactive ketones (excluding diaryl/α,β-unsaturated/α-hetero) is 1. The largest absolute Gasteiger partial charge is 0.463 e. The van der Waals surface area contributed by atoms with Crippen molar-refractivity contribution in [2.45, 2.75) is 6.92 Å². The highest BCUT2D eigenvalue weighted by atomic mass is 16.5. The minimum atomic E-state index is -0.955. The number of hydrogen-bond donors (Lipinski definition) is 0. The van der Waals surface area contributed by atoms with Crippen LogP contribution >= 0.6 is 0 Å². The summed E-state index contributed by atoms with van der Waals surface area (Å²) >= 11 is 0. The first kappa shape index (κ1) is 16.2. The summed E-state index contributed by atoms with van der Waals surface area (Å²) in [7, 11) is 1.15. The van der Waals surface area contributed by atoms with Gasteiger partial charge in [0.1, 0.15) is 5.58 Å². The number of nitrogens with zero attached hydrogens (tertiary/aromatic N) is 1. The van der Waals surface area contributed by atoms with Crippen molar-refractivity contribution < 1.29 is 23.5 Å². The first-order valence-electron chi connectivity index (χ1n) is 7.55. The molecule has 0 atom stereocenters. The summed E-state index contributed by atoms with van der Waals surface area (Å²) in [5, 5.41) is 0.367. The van der Waals surface area contributed by atoms with E-state index >= 15 is 0 Å². The van der Waals surface area contributed by atoms with E-state index in [4.69, 9.17) is 9.15 Å². The van der Waals surface area contributed by atoms with E-state index in [1.807, 2.05) is 4.90 Å². The number of hydrogen-bond acceptors (Lipinski definition) is 7. The summed E-state index contributed by atoms with van der Waals surface area (Å²) in [5.74, 6) is -1.29. The smallest absolute Gasteiger partial charge is 0.379 e. The number of ether oxygens (including phenoxy) is 2. The second-order valence-corrected chi connectivity index (χ2v) is 5.48. The Morgan fingerprint density at radius 3 is 2.58 bits per heavy atom. The van der Waals surface area contributed by atoms with Crippen molar-refractivity contribution in [3.8, 4) is 0 Å². The lowest BCUT2D eigenvalue weighted by atomic mass is 10.0. The average Bonchev–Trinajstić information content (AvgIpc) is 2.62. The van der Waals surface area contributed by atoms with Crippen LogP contribution in [0.5, 0.6) is 0 Å². The van der Waals surface area contributed by atoms with Crippen molar-refractivity contribution >= 4 is 28.6 Å². The maximum Gasteiger partial charge on any atom is 0.379 e. The van der Waals surface area contributed by atoms with E-state index in [-0.39, 0.29) is 11.0 Å². The second-order valence-electron chi connectivity index (χ2n) is 5.48. The third-order valence-electron chi connectivity index (χ3n) is 4.07. The second kappa shape index (κ2) is 6.45. The fourth-order valence-electron chi connectivity index (χ4n) is 2.73. The Morgan fingerprint density at radius 2 is 1.92 bits per heavy atom. The molecule has 1 aliphatic heterocycles. The van der Waals surface area contributed by atoms with Crippen molar-refractivity contribution in [2.75, 3.05) is 38.3 Å². The van der Waals surface area contributed by atoms with Crippen molar-refractivity contribution in [3.63, 3.8) is 0 Å². The molecule has 0 bridgehead atoms. The van der Waals surface area contributed by atoms with E-state index < -0.39 is 11.8 Å². The number of carbonyl (C=O) groups excluding carboxylic acids is 2. The van der Waals surface area contributed by atoms with Gasteiger partial charge in [-0.2, -0.15) is 0 Å². The Balaban J connectivity index is 2.13. The molecule has 7 heteroatoms. The number of ketones is 1. The molecule has 24 heavy (non-hydrogen) atoms. The van der Waals surface area contributed by atoms with Crippen LogP contribution in [0, 0.1) is 6.92 Å². The topological polar surface area (TPSA) is 86.1 Å². The predicted molar refractivity (Wildman–Crippen MR) is 86.6 cm³/mol. The van der Waals surface area contributed by atoms with Gasteiger partial charge in [-0.1, -0.05) is 0 Å². The van der Waals surface area contributed by atoms with Crippen LogP contribution in [0.25, 0.3) is 11.0 Å². The summed E-state index contributed by atoms with van der Waals surface area (Å²) in [6.45, 7) is 4.00. The summed E-state index contributed by atoms with van der Waals surface area (Å²) in [4.78, 5) is 37.9.